The lowest BCUT2D eigenvalue weighted by molar-refractivity contribution is -0.119. The molecule has 0 aliphatic heterocycles. The van der Waals surface area contributed by atoms with Gasteiger partial charge in [0.2, 0.25) is 0 Å². The largest absolute Gasteiger partial charge is 0.452 e. The van der Waals surface area contributed by atoms with E-state index in [0.29, 0.717) is 27.7 Å². The Kier molecular flexibility index (Phi) is 6.17. The second-order valence-electron chi connectivity index (χ2n) is 6.15. The van der Waals surface area contributed by atoms with Gasteiger partial charge in [0.05, 0.1) is 32.5 Å². The molecule has 0 atom stereocenters. The molecule has 2 aromatic carbocycles. The average molecular weight is 417 g/mol. The Morgan fingerprint density at radius 2 is 1.75 bits per heavy atom. The van der Waals surface area contributed by atoms with Gasteiger partial charge in [-0.2, -0.15) is 0 Å². The molecule has 1 heterocycles. The van der Waals surface area contributed by atoms with Gasteiger partial charge in [0.25, 0.3) is 5.91 Å². The minimum atomic E-state index is -0.590. The van der Waals surface area contributed by atoms with Crippen LogP contribution in [-0.4, -0.2) is 23.5 Å². The molecule has 5 nitrogen and oxygen atoms in total. The van der Waals surface area contributed by atoms with Gasteiger partial charge in [-0.25, -0.2) is 4.79 Å². The van der Waals surface area contributed by atoms with Gasteiger partial charge >= 0.3 is 5.97 Å². The molecule has 1 N–H and O–H groups in total. The number of rotatable bonds is 5. The van der Waals surface area contributed by atoms with Crippen molar-refractivity contribution in [2.75, 3.05) is 11.9 Å². The lowest BCUT2D eigenvalue weighted by Crippen LogP contribution is -2.22. The third-order valence-corrected chi connectivity index (χ3v) is 4.96. The standard InChI is InChI=1S/C21H18Cl2N2O3/c1-3-16-19(12(2)13-7-4-5-10-17(13)24-16)21(27)28-11-18(26)25-20-14(22)8-6-9-15(20)23/h4-10H,3,11H2,1-2H3,(H,25,26). The van der Waals surface area contributed by atoms with E-state index in [2.05, 4.69) is 10.3 Å². The first-order chi connectivity index (χ1) is 13.4. The fourth-order valence-electron chi connectivity index (χ4n) is 2.96. The number of anilines is 1. The minimum Gasteiger partial charge on any atom is -0.452 e. The Morgan fingerprint density at radius 3 is 2.43 bits per heavy atom. The van der Waals surface area contributed by atoms with Gasteiger partial charge in [-0.05, 0) is 37.1 Å². The van der Waals surface area contributed by atoms with Crippen LogP contribution in [0.25, 0.3) is 10.9 Å². The van der Waals surface area contributed by atoms with Crippen molar-refractivity contribution in [3.05, 3.63) is 69.3 Å². The minimum absolute atomic E-state index is 0.282. The van der Waals surface area contributed by atoms with Crippen molar-refractivity contribution >= 4 is 51.7 Å². The Bertz CT molecular complexity index is 1050. The fraction of sp³-hybridized carbons (Fsp3) is 0.190. The molecule has 0 saturated heterocycles. The number of carbonyl (C=O) groups excluding carboxylic acids is 2. The molecule has 3 rings (SSSR count). The number of para-hydroxylation sites is 2. The summed E-state index contributed by atoms with van der Waals surface area (Å²) in [4.78, 5) is 29.4. The molecule has 1 aromatic heterocycles. The molecule has 3 aromatic rings. The number of aromatic nitrogens is 1. The number of carbonyl (C=O) groups is 2. The van der Waals surface area contributed by atoms with Crippen molar-refractivity contribution in [3.8, 4) is 0 Å². The molecule has 0 aliphatic rings. The average Bonchev–Trinajstić information content (AvgIpc) is 2.69. The number of nitrogens with one attached hydrogen (secondary N) is 1. The van der Waals surface area contributed by atoms with Crippen molar-refractivity contribution in [1.29, 1.82) is 0 Å². The van der Waals surface area contributed by atoms with Gasteiger partial charge in [0.15, 0.2) is 6.61 Å². The van der Waals surface area contributed by atoms with E-state index in [9.17, 15) is 9.59 Å². The molecular weight excluding hydrogens is 399 g/mol. The van der Waals surface area contributed by atoms with Crippen LogP contribution in [0.4, 0.5) is 5.69 Å². The van der Waals surface area contributed by atoms with Crippen LogP contribution in [0.2, 0.25) is 10.0 Å². The number of ether oxygens (including phenoxy) is 1. The Hall–Kier alpha value is -2.63. The van der Waals surface area contributed by atoms with Crippen LogP contribution < -0.4 is 5.32 Å². The van der Waals surface area contributed by atoms with E-state index < -0.39 is 18.5 Å². The zero-order chi connectivity index (χ0) is 20.3. The van der Waals surface area contributed by atoms with E-state index >= 15 is 0 Å². The number of fused-ring (bicyclic) bond motifs is 1. The van der Waals surface area contributed by atoms with Crippen LogP contribution in [0.1, 0.15) is 28.5 Å². The maximum Gasteiger partial charge on any atom is 0.340 e. The molecule has 0 aliphatic carbocycles. The smallest absolute Gasteiger partial charge is 0.340 e. The second kappa shape index (κ2) is 8.59. The van der Waals surface area contributed by atoms with Crippen LogP contribution >= 0.6 is 23.2 Å². The number of hydrogen-bond donors (Lipinski definition) is 1. The topological polar surface area (TPSA) is 68.3 Å². The van der Waals surface area contributed by atoms with Crippen LogP contribution in [0.5, 0.6) is 0 Å². The van der Waals surface area contributed by atoms with E-state index in [1.165, 1.54) is 0 Å². The summed E-state index contributed by atoms with van der Waals surface area (Å²) in [6.07, 6.45) is 0.567. The predicted molar refractivity (Wildman–Crippen MR) is 111 cm³/mol. The van der Waals surface area contributed by atoms with E-state index in [4.69, 9.17) is 27.9 Å². The molecule has 1 amide bonds. The third-order valence-electron chi connectivity index (χ3n) is 4.33. The van der Waals surface area contributed by atoms with E-state index in [1.807, 2.05) is 38.1 Å². The molecule has 0 unspecified atom stereocenters. The van der Waals surface area contributed by atoms with Crippen molar-refractivity contribution in [3.63, 3.8) is 0 Å². The van der Waals surface area contributed by atoms with Gasteiger partial charge in [0, 0.05) is 5.39 Å². The molecule has 0 bridgehead atoms. The highest BCUT2D eigenvalue weighted by Crippen LogP contribution is 2.29. The van der Waals surface area contributed by atoms with Crippen LogP contribution in [0.3, 0.4) is 0 Å². The van der Waals surface area contributed by atoms with Crippen molar-refractivity contribution in [2.24, 2.45) is 0 Å². The molecule has 0 saturated carbocycles. The maximum absolute atomic E-state index is 12.7. The first-order valence-corrected chi connectivity index (χ1v) is 9.47. The molecule has 144 valence electrons. The molecule has 28 heavy (non-hydrogen) atoms. The number of esters is 1. The highest BCUT2D eigenvalue weighted by Gasteiger charge is 2.20. The van der Waals surface area contributed by atoms with Crippen LogP contribution in [0.15, 0.2) is 42.5 Å². The summed E-state index contributed by atoms with van der Waals surface area (Å²) in [7, 11) is 0. The van der Waals surface area contributed by atoms with Crippen molar-refractivity contribution in [2.45, 2.75) is 20.3 Å². The molecule has 0 radical (unpaired) electrons. The summed E-state index contributed by atoms with van der Waals surface area (Å²) < 4.78 is 5.24. The molecule has 0 fully saturated rings. The number of aryl methyl sites for hydroxylation is 2. The van der Waals surface area contributed by atoms with Crippen molar-refractivity contribution in [1.82, 2.24) is 4.98 Å². The first-order valence-electron chi connectivity index (χ1n) is 8.71. The third kappa shape index (κ3) is 4.11. The van der Waals surface area contributed by atoms with Gasteiger partial charge in [-0.1, -0.05) is 54.4 Å². The number of nitrogens with zero attached hydrogens (tertiary/aromatic N) is 1. The fourth-order valence-corrected chi connectivity index (χ4v) is 3.46. The predicted octanol–water partition coefficient (Wildman–Crippen LogP) is 5.21. The summed E-state index contributed by atoms with van der Waals surface area (Å²) in [6, 6.07) is 12.5. The summed E-state index contributed by atoms with van der Waals surface area (Å²) in [5.41, 5.74) is 2.91. The second-order valence-corrected chi connectivity index (χ2v) is 6.96. The Balaban J connectivity index is 1.78. The summed E-state index contributed by atoms with van der Waals surface area (Å²) in [5.74, 6) is -1.12. The highest BCUT2D eigenvalue weighted by molar-refractivity contribution is 6.39. The van der Waals surface area contributed by atoms with Gasteiger partial charge in [-0.3, -0.25) is 9.78 Å². The van der Waals surface area contributed by atoms with Gasteiger partial charge in [-0.15, -0.1) is 0 Å². The van der Waals surface area contributed by atoms with E-state index in [0.717, 1.165) is 16.5 Å². The highest BCUT2D eigenvalue weighted by atomic mass is 35.5. The SMILES string of the molecule is CCc1nc2ccccc2c(C)c1C(=O)OCC(=O)Nc1c(Cl)cccc1Cl. The molecule has 0 spiro atoms. The quantitative estimate of drug-likeness (QED) is 0.579. The Morgan fingerprint density at radius 1 is 1.07 bits per heavy atom. The number of benzene rings is 2. The molecular formula is C21H18Cl2N2O3. The zero-order valence-corrected chi connectivity index (χ0v) is 16.9. The number of halogens is 2. The number of amides is 1. The van der Waals surface area contributed by atoms with Gasteiger partial charge in [0.1, 0.15) is 0 Å². The summed E-state index contributed by atoms with van der Waals surface area (Å²) in [6.45, 7) is 3.30. The monoisotopic (exact) mass is 416 g/mol. The summed E-state index contributed by atoms with van der Waals surface area (Å²) >= 11 is 12.1. The van der Waals surface area contributed by atoms with E-state index in [-0.39, 0.29) is 5.69 Å². The lowest BCUT2D eigenvalue weighted by Gasteiger charge is -2.14. The summed E-state index contributed by atoms with van der Waals surface area (Å²) in [5, 5.41) is 4.04. The first kappa shape index (κ1) is 20.1. The number of hydrogen-bond acceptors (Lipinski definition) is 4. The normalized spacial score (nSPS) is 10.7. The zero-order valence-electron chi connectivity index (χ0n) is 15.4. The maximum atomic E-state index is 12.7. The lowest BCUT2D eigenvalue weighted by atomic mass is 10.0. The van der Waals surface area contributed by atoms with Crippen LogP contribution in [-0.2, 0) is 16.0 Å². The van der Waals surface area contributed by atoms with E-state index in [1.54, 1.807) is 18.2 Å². The molecule has 7 heteroatoms. The van der Waals surface area contributed by atoms with Crippen LogP contribution in [0, 0.1) is 6.92 Å². The Labute approximate surface area is 172 Å². The van der Waals surface area contributed by atoms with Crippen molar-refractivity contribution < 1.29 is 14.3 Å². The van der Waals surface area contributed by atoms with Gasteiger partial charge < -0.3 is 10.1 Å². The number of pyridine rings is 1.